The second kappa shape index (κ2) is 8.17. The molecule has 0 bridgehead atoms. The van der Waals surface area contributed by atoms with E-state index in [0.717, 1.165) is 55.6 Å². The number of hydrogen-bond acceptors (Lipinski definition) is 3. The van der Waals surface area contributed by atoms with Crippen LogP contribution in [0.3, 0.4) is 0 Å². The number of ether oxygens (including phenoxy) is 1. The van der Waals surface area contributed by atoms with Crippen molar-refractivity contribution in [3.63, 3.8) is 0 Å². The molecule has 1 aromatic heterocycles. The lowest BCUT2D eigenvalue weighted by Gasteiger charge is -2.23. The summed E-state index contributed by atoms with van der Waals surface area (Å²) in [4.78, 5) is 1.42. The fraction of sp³-hybridized carbons (Fsp3) is 0.333. The Hall–Kier alpha value is -1.99. The Morgan fingerprint density at radius 3 is 2.68 bits per heavy atom. The SMILES string of the molecule is Cc1ccc(C)c(-n2c(-c3cccc(Cl)c3)nn(C[NH+]3CCOCC3)c2=S)c1. The van der Waals surface area contributed by atoms with Gasteiger partial charge in [-0.3, -0.25) is 4.57 Å². The lowest BCUT2D eigenvalue weighted by Crippen LogP contribution is -3.13. The van der Waals surface area contributed by atoms with Crippen LogP contribution in [0.25, 0.3) is 17.1 Å². The minimum Gasteiger partial charge on any atom is -0.370 e. The lowest BCUT2D eigenvalue weighted by molar-refractivity contribution is -0.930. The van der Waals surface area contributed by atoms with Crippen LogP contribution in [0.5, 0.6) is 0 Å². The van der Waals surface area contributed by atoms with Crippen LogP contribution < -0.4 is 4.90 Å². The van der Waals surface area contributed by atoms with Gasteiger partial charge in [-0.1, -0.05) is 35.9 Å². The van der Waals surface area contributed by atoms with Crippen LogP contribution in [-0.2, 0) is 11.4 Å². The molecule has 1 aliphatic rings. The molecule has 28 heavy (non-hydrogen) atoms. The average molecular weight is 416 g/mol. The number of quaternary nitrogens is 1. The first kappa shape index (κ1) is 19.3. The highest BCUT2D eigenvalue weighted by Crippen LogP contribution is 2.27. The van der Waals surface area contributed by atoms with Gasteiger partial charge in [-0.25, -0.2) is 0 Å². The van der Waals surface area contributed by atoms with E-state index >= 15 is 0 Å². The van der Waals surface area contributed by atoms with Gasteiger partial charge in [-0.2, -0.15) is 4.68 Å². The number of aryl methyl sites for hydroxylation is 2. The third-order valence-electron chi connectivity index (χ3n) is 5.10. The summed E-state index contributed by atoms with van der Waals surface area (Å²) in [5.41, 5.74) is 4.35. The smallest absolute Gasteiger partial charge is 0.207 e. The van der Waals surface area contributed by atoms with Crippen LogP contribution in [0, 0.1) is 18.6 Å². The van der Waals surface area contributed by atoms with Crippen molar-refractivity contribution in [2.24, 2.45) is 0 Å². The predicted octanol–water partition coefficient (Wildman–Crippen LogP) is 3.21. The average Bonchev–Trinajstić information content (AvgIpc) is 3.01. The van der Waals surface area contributed by atoms with Crippen LogP contribution in [0.15, 0.2) is 42.5 Å². The van der Waals surface area contributed by atoms with Crippen molar-refractivity contribution in [3.8, 4) is 17.1 Å². The molecule has 7 heteroatoms. The summed E-state index contributed by atoms with van der Waals surface area (Å²) in [7, 11) is 0. The van der Waals surface area contributed by atoms with Gasteiger partial charge in [0, 0.05) is 10.6 Å². The predicted molar refractivity (Wildman–Crippen MR) is 114 cm³/mol. The number of nitrogens with zero attached hydrogens (tertiary/aromatic N) is 3. The first-order valence-corrected chi connectivity index (χ1v) is 10.3. The molecule has 0 amide bonds. The van der Waals surface area contributed by atoms with Crippen molar-refractivity contribution in [2.75, 3.05) is 26.3 Å². The summed E-state index contributed by atoms with van der Waals surface area (Å²) in [5.74, 6) is 0.814. The van der Waals surface area contributed by atoms with Gasteiger partial charge in [-0.05, 0) is 55.4 Å². The molecule has 1 aliphatic heterocycles. The molecule has 1 fully saturated rings. The molecule has 0 saturated carbocycles. The Morgan fingerprint density at radius 1 is 1.14 bits per heavy atom. The van der Waals surface area contributed by atoms with Gasteiger partial charge in [0.15, 0.2) is 12.5 Å². The molecule has 2 aromatic carbocycles. The largest absolute Gasteiger partial charge is 0.370 e. The normalized spacial score (nSPS) is 15.1. The number of nitrogens with one attached hydrogen (secondary N) is 1. The Labute approximate surface area is 175 Å². The van der Waals surface area contributed by atoms with E-state index in [2.05, 4.69) is 36.6 Å². The number of aromatic nitrogens is 3. The number of hydrogen-bond donors (Lipinski definition) is 1. The molecule has 5 nitrogen and oxygen atoms in total. The Bertz CT molecular complexity index is 1050. The molecule has 4 rings (SSSR count). The van der Waals surface area contributed by atoms with E-state index in [1.54, 1.807) is 0 Å². The molecule has 0 aliphatic carbocycles. The number of morpholine rings is 1. The first-order chi connectivity index (χ1) is 13.5. The quantitative estimate of drug-likeness (QED) is 0.665. The van der Waals surface area contributed by atoms with Crippen LogP contribution in [0.4, 0.5) is 0 Å². The molecular formula is C21H24ClN4OS+. The standard InChI is InChI=1S/C21H23ClN4OS/c1-15-6-7-16(2)19(12-15)26-20(17-4-3-5-18(22)13-17)23-25(21(26)28)14-24-8-10-27-11-9-24/h3-7,12-13H,8-11,14H2,1-2H3/p+1. The highest BCUT2D eigenvalue weighted by atomic mass is 35.5. The van der Waals surface area contributed by atoms with Crippen LogP contribution in [-0.4, -0.2) is 40.7 Å². The number of halogens is 1. The minimum atomic E-state index is 0.685. The van der Waals surface area contributed by atoms with Crippen molar-refractivity contribution in [1.29, 1.82) is 0 Å². The summed E-state index contributed by atoms with van der Waals surface area (Å²) in [6.07, 6.45) is 0. The zero-order valence-electron chi connectivity index (χ0n) is 16.1. The maximum Gasteiger partial charge on any atom is 0.207 e. The maximum atomic E-state index is 6.26. The van der Waals surface area contributed by atoms with E-state index < -0.39 is 0 Å². The van der Waals surface area contributed by atoms with Gasteiger partial charge in [-0.15, -0.1) is 5.10 Å². The molecule has 0 unspecified atom stereocenters. The van der Waals surface area contributed by atoms with E-state index in [1.807, 2.05) is 28.9 Å². The number of benzene rings is 2. The second-order valence-electron chi connectivity index (χ2n) is 7.26. The molecule has 1 saturated heterocycles. The van der Waals surface area contributed by atoms with Crippen molar-refractivity contribution < 1.29 is 9.64 Å². The topological polar surface area (TPSA) is 36.4 Å². The van der Waals surface area contributed by atoms with E-state index in [1.165, 1.54) is 10.5 Å². The summed E-state index contributed by atoms with van der Waals surface area (Å²) < 4.78 is 10.2. The second-order valence-corrected chi connectivity index (χ2v) is 8.06. The van der Waals surface area contributed by atoms with Gasteiger partial charge in [0.2, 0.25) is 4.77 Å². The number of rotatable bonds is 4. The van der Waals surface area contributed by atoms with Crippen molar-refractivity contribution in [3.05, 3.63) is 63.4 Å². The zero-order valence-corrected chi connectivity index (χ0v) is 17.7. The highest BCUT2D eigenvalue weighted by Gasteiger charge is 2.20. The van der Waals surface area contributed by atoms with Gasteiger partial charge < -0.3 is 9.64 Å². The molecule has 1 N–H and O–H groups in total. The summed E-state index contributed by atoms with van der Waals surface area (Å²) >= 11 is 12.1. The van der Waals surface area contributed by atoms with Crippen LogP contribution in [0.2, 0.25) is 5.02 Å². The van der Waals surface area contributed by atoms with Crippen molar-refractivity contribution in [2.45, 2.75) is 20.5 Å². The monoisotopic (exact) mass is 415 g/mol. The van der Waals surface area contributed by atoms with E-state index in [4.69, 9.17) is 33.7 Å². The van der Waals surface area contributed by atoms with Gasteiger partial charge in [0.25, 0.3) is 0 Å². The molecule has 0 atom stereocenters. The zero-order chi connectivity index (χ0) is 19.7. The van der Waals surface area contributed by atoms with E-state index in [0.29, 0.717) is 9.79 Å². The van der Waals surface area contributed by atoms with E-state index in [-0.39, 0.29) is 0 Å². The molecular weight excluding hydrogens is 392 g/mol. The van der Waals surface area contributed by atoms with Crippen molar-refractivity contribution in [1.82, 2.24) is 14.3 Å². The van der Waals surface area contributed by atoms with Crippen LogP contribution >= 0.6 is 23.8 Å². The van der Waals surface area contributed by atoms with Gasteiger partial charge >= 0.3 is 0 Å². The van der Waals surface area contributed by atoms with Crippen LogP contribution in [0.1, 0.15) is 11.1 Å². The maximum absolute atomic E-state index is 6.26. The third kappa shape index (κ3) is 3.91. The van der Waals surface area contributed by atoms with E-state index in [9.17, 15) is 0 Å². The molecule has 0 spiro atoms. The first-order valence-electron chi connectivity index (χ1n) is 9.47. The highest BCUT2D eigenvalue weighted by molar-refractivity contribution is 7.71. The van der Waals surface area contributed by atoms with Gasteiger partial charge in [0.05, 0.1) is 18.9 Å². The fourth-order valence-corrected chi connectivity index (χ4v) is 4.01. The Morgan fingerprint density at radius 2 is 1.93 bits per heavy atom. The summed E-state index contributed by atoms with van der Waals surface area (Å²) in [5, 5.41) is 5.60. The lowest BCUT2D eigenvalue weighted by atomic mass is 10.1. The molecule has 2 heterocycles. The summed E-state index contributed by atoms with van der Waals surface area (Å²) in [6.45, 7) is 8.41. The summed E-state index contributed by atoms with van der Waals surface area (Å²) in [6, 6.07) is 14.2. The molecule has 0 radical (unpaired) electrons. The van der Waals surface area contributed by atoms with Gasteiger partial charge in [0.1, 0.15) is 13.1 Å². The molecule has 146 valence electrons. The Balaban J connectivity index is 1.86. The molecule has 3 aromatic rings. The Kier molecular flexibility index (Phi) is 5.64. The fourth-order valence-electron chi connectivity index (χ4n) is 3.53. The minimum absolute atomic E-state index is 0.685. The third-order valence-corrected chi connectivity index (χ3v) is 5.73. The van der Waals surface area contributed by atoms with Crippen molar-refractivity contribution >= 4 is 23.8 Å².